The minimum absolute atomic E-state index is 0.0976. The second-order valence-corrected chi connectivity index (χ2v) is 6.01. The molecule has 1 aliphatic rings. The van der Waals surface area contributed by atoms with Gasteiger partial charge in [0.25, 0.3) is 0 Å². The van der Waals surface area contributed by atoms with Crippen LogP contribution >= 0.6 is 0 Å². The van der Waals surface area contributed by atoms with Gasteiger partial charge in [-0.05, 0) is 16.7 Å². The van der Waals surface area contributed by atoms with Crippen molar-refractivity contribution in [1.82, 2.24) is 4.90 Å². The molecule has 0 saturated carbocycles. The number of carbonyl (C=O) groups is 1. The van der Waals surface area contributed by atoms with Gasteiger partial charge in [-0.15, -0.1) is 0 Å². The van der Waals surface area contributed by atoms with Crippen molar-refractivity contribution in [3.05, 3.63) is 77.4 Å². The van der Waals surface area contributed by atoms with Gasteiger partial charge in [0, 0.05) is 25.4 Å². The number of nitriles is 1. The molecule has 1 unspecified atom stereocenters. The summed E-state index contributed by atoms with van der Waals surface area (Å²) in [5, 5.41) is 8.88. The Labute approximate surface area is 142 Å². The number of hydrogen-bond donors (Lipinski definition) is 0. The SMILES string of the molecule is N#CCCN(Cc1ccccc1)C(=O)CC1C=Cc2ccccc21. The maximum absolute atomic E-state index is 12.8. The second-order valence-electron chi connectivity index (χ2n) is 6.01. The summed E-state index contributed by atoms with van der Waals surface area (Å²) in [6, 6.07) is 20.3. The Morgan fingerprint density at radius 1 is 1.08 bits per heavy atom. The van der Waals surface area contributed by atoms with Gasteiger partial charge in [0.2, 0.25) is 5.91 Å². The van der Waals surface area contributed by atoms with E-state index in [0.717, 1.165) is 5.56 Å². The highest BCUT2D eigenvalue weighted by Gasteiger charge is 2.23. The van der Waals surface area contributed by atoms with E-state index in [1.165, 1.54) is 11.1 Å². The average Bonchev–Trinajstić information content (AvgIpc) is 3.02. The second kappa shape index (κ2) is 7.61. The van der Waals surface area contributed by atoms with Gasteiger partial charge in [0.1, 0.15) is 0 Å². The first kappa shape index (κ1) is 16.0. The molecule has 0 heterocycles. The number of benzene rings is 2. The molecule has 3 nitrogen and oxygen atoms in total. The summed E-state index contributed by atoms with van der Waals surface area (Å²) >= 11 is 0. The highest BCUT2D eigenvalue weighted by Crippen LogP contribution is 2.32. The molecular formula is C21H20N2O. The van der Waals surface area contributed by atoms with E-state index in [1.807, 2.05) is 42.5 Å². The molecule has 3 heteroatoms. The maximum Gasteiger partial charge on any atom is 0.223 e. The first-order valence-electron chi connectivity index (χ1n) is 8.23. The molecule has 3 rings (SSSR count). The molecule has 2 aromatic carbocycles. The summed E-state index contributed by atoms with van der Waals surface area (Å²) < 4.78 is 0. The number of amides is 1. The largest absolute Gasteiger partial charge is 0.337 e. The molecule has 0 aromatic heterocycles. The van der Waals surface area contributed by atoms with Crippen LogP contribution in [0.5, 0.6) is 0 Å². The van der Waals surface area contributed by atoms with Gasteiger partial charge in [-0.25, -0.2) is 0 Å². The normalized spacial score (nSPS) is 14.9. The lowest BCUT2D eigenvalue weighted by Crippen LogP contribution is -2.32. The van der Waals surface area contributed by atoms with Crippen molar-refractivity contribution in [2.45, 2.75) is 25.3 Å². The Kier molecular flexibility index (Phi) is 5.08. The fourth-order valence-corrected chi connectivity index (χ4v) is 3.10. The summed E-state index contributed by atoms with van der Waals surface area (Å²) in [5.41, 5.74) is 3.50. The predicted octanol–water partition coefficient (Wildman–Crippen LogP) is 4.13. The highest BCUT2D eigenvalue weighted by atomic mass is 16.2. The fourth-order valence-electron chi connectivity index (χ4n) is 3.10. The van der Waals surface area contributed by atoms with Crippen molar-refractivity contribution in [3.63, 3.8) is 0 Å². The van der Waals surface area contributed by atoms with Crippen LogP contribution in [0.3, 0.4) is 0 Å². The number of hydrogen-bond acceptors (Lipinski definition) is 2. The molecule has 0 spiro atoms. The Balaban J connectivity index is 1.70. The molecular weight excluding hydrogens is 296 g/mol. The minimum Gasteiger partial charge on any atom is -0.337 e. The third-order valence-electron chi connectivity index (χ3n) is 4.36. The van der Waals surface area contributed by atoms with Gasteiger partial charge in [-0.3, -0.25) is 4.79 Å². The van der Waals surface area contributed by atoms with Gasteiger partial charge >= 0.3 is 0 Å². The van der Waals surface area contributed by atoms with E-state index in [1.54, 1.807) is 4.90 Å². The zero-order chi connectivity index (χ0) is 16.8. The highest BCUT2D eigenvalue weighted by molar-refractivity contribution is 5.79. The van der Waals surface area contributed by atoms with Crippen molar-refractivity contribution in [1.29, 1.82) is 5.26 Å². The Hall–Kier alpha value is -2.86. The fraction of sp³-hybridized carbons (Fsp3) is 0.238. The van der Waals surface area contributed by atoms with Crippen molar-refractivity contribution >= 4 is 12.0 Å². The van der Waals surface area contributed by atoms with Crippen LogP contribution in [0, 0.1) is 11.3 Å². The Morgan fingerprint density at radius 3 is 2.62 bits per heavy atom. The molecule has 0 bridgehead atoms. The maximum atomic E-state index is 12.8. The van der Waals surface area contributed by atoms with Crippen LogP contribution in [-0.2, 0) is 11.3 Å². The van der Waals surface area contributed by atoms with Gasteiger partial charge in [-0.1, -0.05) is 66.7 Å². The molecule has 1 amide bonds. The minimum atomic E-state index is 0.0976. The van der Waals surface area contributed by atoms with E-state index < -0.39 is 0 Å². The summed E-state index contributed by atoms with van der Waals surface area (Å²) in [6.45, 7) is 1.03. The Morgan fingerprint density at radius 2 is 1.83 bits per heavy atom. The monoisotopic (exact) mass is 316 g/mol. The van der Waals surface area contributed by atoms with Gasteiger partial charge in [0.05, 0.1) is 12.5 Å². The van der Waals surface area contributed by atoms with Crippen LogP contribution < -0.4 is 0 Å². The van der Waals surface area contributed by atoms with Crippen LogP contribution in [0.25, 0.3) is 6.08 Å². The number of rotatable bonds is 6. The van der Waals surface area contributed by atoms with Crippen LogP contribution in [0.1, 0.15) is 35.4 Å². The van der Waals surface area contributed by atoms with Gasteiger partial charge < -0.3 is 4.90 Å². The van der Waals surface area contributed by atoms with Crippen LogP contribution in [-0.4, -0.2) is 17.4 Å². The molecule has 1 aliphatic carbocycles. The molecule has 24 heavy (non-hydrogen) atoms. The third kappa shape index (κ3) is 3.72. The van der Waals surface area contributed by atoms with E-state index >= 15 is 0 Å². The lowest BCUT2D eigenvalue weighted by molar-refractivity contribution is -0.132. The molecule has 1 atom stereocenters. The van der Waals surface area contributed by atoms with E-state index in [2.05, 4.69) is 30.4 Å². The topological polar surface area (TPSA) is 44.1 Å². The zero-order valence-electron chi connectivity index (χ0n) is 13.6. The lowest BCUT2D eigenvalue weighted by atomic mass is 9.97. The average molecular weight is 316 g/mol. The molecule has 0 saturated heterocycles. The van der Waals surface area contributed by atoms with Crippen molar-refractivity contribution in [2.24, 2.45) is 0 Å². The van der Waals surface area contributed by atoms with E-state index in [9.17, 15) is 4.79 Å². The van der Waals surface area contributed by atoms with E-state index in [4.69, 9.17) is 5.26 Å². The van der Waals surface area contributed by atoms with Crippen LogP contribution in [0.2, 0.25) is 0 Å². The Bertz CT molecular complexity index is 774. The first-order chi connectivity index (χ1) is 11.8. The number of carbonyl (C=O) groups excluding carboxylic acids is 1. The molecule has 0 aliphatic heterocycles. The van der Waals surface area contributed by atoms with Crippen molar-refractivity contribution in [2.75, 3.05) is 6.54 Å². The van der Waals surface area contributed by atoms with Gasteiger partial charge in [0.15, 0.2) is 0 Å². The lowest BCUT2D eigenvalue weighted by Gasteiger charge is -2.23. The first-order valence-corrected chi connectivity index (χ1v) is 8.23. The van der Waals surface area contributed by atoms with E-state index in [-0.39, 0.29) is 11.8 Å². The summed E-state index contributed by atoms with van der Waals surface area (Å²) in [6.07, 6.45) is 5.00. The van der Waals surface area contributed by atoms with Gasteiger partial charge in [-0.2, -0.15) is 5.26 Å². The summed E-state index contributed by atoms with van der Waals surface area (Å²) in [5.74, 6) is 0.231. The summed E-state index contributed by atoms with van der Waals surface area (Å²) in [4.78, 5) is 14.6. The quantitative estimate of drug-likeness (QED) is 0.804. The number of allylic oxidation sites excluding steroid dienone is 1. The molecule has 0 fully saturated rings. The smallest absolute Gasteiger partial charge is 0.223 e. The summed E-state index contributed by atoms with van der Waals surface area (Å²) in [7, 11) is 0. The zero-order valence-corrected chi connectivity index (χ0v) is 13.6. The number of fused-ring (bicyclic) bond motifs is 1. The molecule has 2 aromatic rings. The van der Waals surface area contributed by atoms with Crippen LogP contribution in [0.4, 0.5) is 0 Å². The predicted molar refractivity (Wildman–Crippen MR) is 94.9 cm³/mol. The molecule has 0 N–H and O–H groups in total. The van der Waals surface area contributed by atoms with Crippen molar-refractivity contribution < 1.29 is 4.79 Å². The van der Waals surface area contributed by atoms with Crippen molar-refractivity contribution in [3.8, 4) is 6.07 Å². The van der Waals surface area contributed by atoms with E-state index in [0.29, 0.717) is 25.9 Å². The third-order valence-corrected chi connectivity index (χ3v) is 4.36. The molecule has 0 radical (unpaired) electrons. The number of nitrogens with zero attached hydrogens (tertiary/aromatic N) is 2. The standard InChI is InChI=1S/C21H20N2O/c22-13-6-14-23(16-17-7-2-1-3-8-17)21(24)15-19-12-11-18-9-4-5-10-20(18)19/h1-5,7-12,19H,6,14-16H2. The molecule has 120 valence electrons. The van der Waals surface area contributed by atoms with Crippen LogP contribution in [0.15, 0.2) is 60.7 Å².